The lowest BCUT2D eigenvalue weighted by molar-refractivity contribution is 0.403. The molecule has 0 saturated heterocycles. The van der Waals surface area contributed by atoms with Crippen molar-refractivity contribution in [2.45, 2.75) is 109 Å². The van der Waals surface area contributed by atoms with Gasteiger partial charge in [-0.2, -0.15) is 0 Å². The summed E-state index contributed by atoms with van der Waals surface area (Å²) in [6, 6.07) is 8.50. The van der Waals surface area contributed by atoms with Crippen molar-refractivity contribution in [1.82, 2.24) is 38.8 Å². The van der Waals surface area contributed by atoms with E-state index in [-0.39, 0.29) is 21.7 Å². The van der Waals surface area contributed by atoms with Gasteiger partial charge in [-0.25, -0.2) is 20.4 Å². The molecule has 0 fully saturated rings. The summed E-state index contributed by atoms with van der Waals surface area (Å²) < 4.78 is 8.15. The minimum Gasteiger partial charge on any atom is -0.379 e. The summed E-state index contributed by atoms with van der Waals surface area (Å²) in [5.41, 5.74) is 4.58. The van der Waals surface area contributed by atoms with Gasteiger partial charge in [0.2, 0.25) is 0 Å². The Morgan fingerprint density at radius 3 is 0.780 bits per heavy atom. The summed E-state index contributed by atoms with van der Waals surface area (Å²) in [6.45, 7) is 24.8. The molecule has 0 aliphatic carbocycles. The molecule has 0 aliphatic heterocycles. The highest BCUT2D eigenvalue weighted by Gasteiger charge is 2.40. The first kappa shape index (κ1) is 30.9. The fraction of sp³-hybridized carbons (Fsp3) is 0.625. The molecule has 4 aromatic heterocycles. The van der Waals surface area contributed by atoms with Crippen LogP contribution in [0.5, 0.6) is 0 Å². The molecule has 8 nitrogen and oxygen atoms in total. The molecule has 0 amide bonds. The van der Waals surface area contributed by atoms with E-state index in [4.69, 9.17) is 20.4 Å². The number of hydrogen-bond donors (Lipinski definition) is 0. The minimum atomic E-state index is -2.10. The molecular weight excluding hydrogens is 507 g/mol. The molecule has 224 valence electrons. The lowest BCUT2D eigenvalue weighted by atomic mass is 9.75. The zero-order valence-corrected chi connectivity index (χ0v) is 27.6. The van der Waals surface area contributed by atoms with Gasteiger partial charge in [0.1, 0.15) is 0 Å². The first-order valence-corrected chi connectivity index (χ1v) is 15.1. The van der Waals surface area contributed by atoms with E-state index in [1.165, 1.54) is 0 Å². The first-order chi connectivity index (χ1) is 18.7. The second-order valence-electron chi connectivity index (χ2n) is 16.8. The Labute approximate surface area is 247 Å². The highest BCUT2D eigenvalue weighted by molar-refractivity contribution is 6.72. The van der Waals surface area contributed by atoms with Gasteiger partial charge in [-0.1, -0.05) is 83.1 Å². The second-order valence-corrected chi connectivity index (χ2v) is 16.8. The van der Waals surface area contributed by atoms with Gasteiger partial charge in [0.15, 0.2) is 0 Å². The first-order valence-electron chi connectivity index (χ1n) is 15.1. The van der Waals surface area contributed by atoms with Gasteiger partial charge in [0, 0.05) is 0 Å². The van der Waals surface area contributed by atoms with Gasteiger partial charge in [-0.15, -0.1) is 0 Å². The molecule has 4 aromatic rings. The highest BCUT2D eigenvalue weighted by Crippen LogP contribution is 2.26. The monoisotopic (exact) mass is 559 g/mol. The van der Waals surface area contributed by atoms with Crippen molar-refractivity contribution in [2.24, 2.45) is 21.7 Å². The average molecular weight is 560 g/mol. The minimum absolute atomic E-state index is 0.109. The van der Waals surface area contributed by atoms with Crippen LogP contribution in [0.1, 0.15) is 106 Å². The third-order valence-electron chi connectivity index (χ3n) is 6.92. The van der Waals surface area contributed by atoms with Crippen molar-refractivity contribution in [3.05, 3.63) is 71.8 Å². The van der Waals surface area contributed by atoms with E-state index in [0.717, 1.165) is 48.5 Å². The quantitative estimate of drug-likeness (QED) is 0.224. The van der Waals surface area contributed by atoms with Gasteiger partial charge in [-0.3, -0.25) is 0 Å². The van der Waals surface area contributed by atoms with Gasteiger partial charge in [0.25, 0.3) is 0 Å². The Balaban J connectivity index is 1.99. The van der Waals surface area contributed by atoms with E-state index in [2.05, 4.69) is 132 Å². The molecule has 0 aliphatic rings. The van der Waals surface area contributed by atoms with Crippen LogP contribution in [0, 0.1) is 21.7 Å². The number of aromatic nitrogens is 8. The molecule has 9 heteroatoms. The SMILES string of the molecule is CC(C)(C)Cc1ccn([B-](n2ccc(CC(C)(C)C)n2)(n2ccc(CC(C)(C)C)n2)n2ccc(CC(C)(C)C)n2)n1. The van der Waals surface area contributed by atoms with Gasteiger partial charge in [-0.05, 0) is 96.4 Å². The topological polar surface area (TPSA) is 71.3 Å². The van der Waals surface area contributed by atoms with Crippen LogP contribution in [-0.4, -0.2) is 45.5 Å². The Morgan fingerprint density at radius 1 is 0.415 bits per heavy atom. The summed E-state index contributed by atoms with van der Waals surface area (Å²) in [6.07, 6.45) is 11.7. The van der Waals surface area contributed by atoms with Crippen molar-refractivity contribution in [3.8, 4) is 0 Å². The predicted octanol–water partition coefficient (Wildman–Crippen LogP) is 6.76. The van der Waals surface area contributed by atoms with E-state index in [1.54, 1.807) is 0 Å². The van der Waals surface area contributed by atoms with Crippen LogP contribution in [0.2, 0.25) is 0 Å². The molecule has 0 radical (unpaired) electrons. The van der Waals surface area contributed by atoms with E-state index in [0.29, 0.717) is 0 Å². The van der Waals surface area contributed by atoms with E-state index >= 15 is 0 Å². The molecule has 0 spiro atoms. The average Bonchev–Trinajstić information content (AvgIpc) is 3.55. The lowest BCUT2D eigenvalue weighted by Crippen LogP contribution is -2.65. The predicted molar refractivity (Wildman–Crippen MR) is 169 cm³/mol. The number of nitrogens with zero attached hydrogens (tertiary/aromatic N) is 8. The fourth-order valence-electron chi connectivity index (χ4n) is 5.56. The molecule has 0 aromatic carbocycles. The number of hydrogen-bond acceptors (Lipinski definition) is 4. The van der Waals surface area contributed by atoms with Crippen LogP contribution in [0.4, 0.5) is 0 Å². The largest absolute Gasteiger partial charge is 0.466 e. The van der Waals surface area contributed by atoms with Crippen LogP contribution in [0.3, 0.4) is 0 Å². The maximum Gasteiger partial charge on any atom is 0.466 e. The summed E-state index contributed by atoms with van der Waals surface area (Å²) in [4.78, 5) is 0. The molecule has 0 unspecified atom stereocenters. The standard InChI is InChI=1S/C32H52BN8/c1-29(2,3)21-25-13-17-38(34-25)33(39-18-14-26(35-39)22-30(4,5)6,40-19-15-27(36-40)23-31(7,8)9)41-20-16-28(37-41)24-32(10,11)12/h13-20H,21-24H2,1-12H3/q-1. The molecule has 0 N–H and O–H groups in total. The van der Waals surface area contributed by atoms with Gasteiger partial charge >= 0.3 is 6.69 Å². The summed E-state index contributed by atoms with van der Waals surface area (Å²) in [7, 11) is 0. The Bertz CT molecular complexity index is 1220. The van der Waals surface area contributed by atoms with Gasteiger partial charge < -0.3 is 18.4 Å². The number of rotatable bonds is 8. The van der Waals surface area contributed by atoms with E-state index in [1.807, 2.05) is 18.4 Å². The molecule has 0 bridgehead atoms. The fourth-order valence-corrected chi connectivity index (χ4v) is 5.56. The Hall–Kier alpha value is -3.10. The van der Waals surface area contributed by atoms with E-state index < -0.39 is 6.69 Å². The van der Waals surface area contributed by atoms with Crippen LogP contribution in [0.25, 0.3) is 0 Å². The molecule has 4 rings (SSSR count). The molecule has 0 atom stereocenters. The van der Waals surface area contributed by atoms with Crippen LogP contribution in [-0.2, 0) is 25.7 Å². The normalized spacial score (nSPS) is 13.8. The van der Waals surface area contributed by atoms with E-state index in [9.17, 15) is 0 Å². The summed E-state index contributed by atoms with van der Waals surface area (Å²) >= 11 is 0. The zero-order valence-electron chi connectivity index (χ0n) is 27.6. The van der Waals surface area contributed by atoms with Crippen LogP contribution >= 0.6 is 0 Å². The zero-order chi connectivity index (χ0) is 30.4. The third-order valence-corrected chi connectivity index (χ3v) is 6.92. The summed E-state index contributed by atoms with van der Waals surface area (Å²) in [5.74, 6) is 0. The Kier molecular flexibility index (Phi) is 8.00. The van der Waals surface area contributed by atoms with Crippen molar-refractivity contribution in [3.63, 3.8) is 0 Å². The van der Waals surface area contributed by atoms with Crippen LogP contribution < -0.4 is 0 Å². The van der Waals surface area contributed by atoms with Crippen molar-refractivity contribution in [1.29, 1.82) is 0 Å². The lowest BCUT2D eigenvalue weighted by Gasteiger charge is -2.41. The molecule has 41 heavy (non-hydrogen) atoms. The maximum absolute atomic E-state index is 5.21. The molecule has 0 saturated carbocycles. The van der Waals surface area contributed by atoms with Crippen molar-refractivity contribution in [2.75, 3.05) is 0 Å². The smallest absolute Gasteiger partial charge is 0.379 e. The van der Waals surface area contributed by atoms with Crippen LogP contribution in [0.15, 0.2) is 49.1 Å². The summed E-state index contributed by atoms with van der Waals surface area (Å²) in [5, 5.41) is 20.8. The second kappa shape index (κ2) is 10.6. The molecular formula is C32H52BN8-. The van der Waals surface area contributed by atoms with Crippen molar-refractivity contribution < 1.29 is 0 Å². The third kappa shape index (κ3) is 7.60. The van der Waals surface area contributed by atoms with Gasteiger partial charge in [0.05, 0.1) is 22.8 Å². The maximum atomic E-state index is 5.21. The Morgan fingerprint density at radius 2 is 0.610 bits per heavy atom. The van der Waals surface area contributed by atoms with Crippen molar-refractivity contribution >= 4 is 6.69 Å². The highest BCUT2D eigenvalue weighted by atomic mass is 15.6. The molecule has 4 heterocycles.